The molecule has 0 radical (unpaired) electrons. The third-order valence-electron chi connectivity index (χ3n) is 11.6. The monoisotopic (exact) mass is 746 g/mol. The summed E-state index contributed by atoms with van der Waals surface area (Å²) in [4.78, 5) is 4.77. The number of anilines is 6. The van der Waals surface area contributed by atoms with Gasteiger partial charge >= 0.3 is 0 Å². The molecule has 0 aromatic heterocycles. The summed E-state index contributed by atoms with van der Waals surface area (Å²) in [6, 6.07) is 79.5. The van der Waals surface area contributed by atoms with E-state index in [0.717, 1.165) is 28.4 Å². The number of rotatable bonds is 8. The minimum atomic E-state index is -2.12. The summed E-state index contributed by atoms with van der Waals surface area (Å²) in [5.41, 5.74) is 14.5. The molecule has 0 unspecified atom stereocenters. The van der Waals surface area contributed by atoms with Crippen molar-refractivity contribution < 1.29 is 0 Å². The van der Waals surface area contributed by atoms with Gasteiger partial charge in [-0.15, -0.1) is 0 Å². The van der Waals surface area contributed by atoms with Crippen LogP contribution < -0.4 is 20.2 Å². The number of fused-ring (bicyclic) bond motifs is 2. The molecule has 0 spiro atoms. The maximum Gasteiger partial charge on any atom is 0.113 e. The zero-order chi connectivity index (χ0) is 38.3. The number of para-hydroxylation sites is 4. The van der Waals surface area contributed by atoms with E-state index in [9.17, 15) is 0 Å². The molecule has 0 amide bonds. The van der Waals surface area contributed by atoms with Crippen molar-refractivity contribution in [2.24, 2.45) is 0 Å². The second-order valence-electron chi connectivity index (χ2n) is 15.4. The van der Waals surface area contributed by atoms with E-state index in [1.807, 2.05) is 0 Å². The normalized spacial score (nSPS) is 12.5. The summed E-state index contributed by atoms with van der Waals surface area (Å²) in [5.74, 6) is 0. The van der Waals surface area contributed by atoms with Crippen molar-refractivity contribution in [3.63, 3.8) is 0 Å². The van der Waals surface area contributed by atoms with Gasteiger partial charge in [0.25, 0.3) is 0 Å². The zero-order valence-corrected chi connectivity index (χ0v) is 33.2. The molecule has 9 aromatic rings. The van der Waals surface area contributed by atoms with E-state index in [0.29, 0.717) is 0 Å². The Kier molecular flexibility index (Phi) is 8.66. The van der Waals surface area contributed by atoms with E-state index >= 15 is 0 Å². The van der Waals surface area contributed by atoms with Gasteiger partial charge in [-0.3, -0.25) is 0 Å². The Morgan fingerprint density at radius 3 is 1.46 bits per heavy atom. The first-order valence-electron chi connectivity index (χ1n) is 19.8. The van der Waals surface area contributed by atoms with Crippen LogP contribution in [0, 0.1) is 0 Å². The van der Waals surface area contributed by atoms with Crippen molar-refractivity contribution in [2.45, 2.75) is 13.1 Å². The smallest absolute Gasteiger partial charge is 0.113 e. The van der Waals surface area contributed by atoms with Crippen LogP contribution in [-0.4, -0.2) is 8.07 Å². The van der Waals surface area contributed by atoms with Crippen LogP contribution in [0.1, 0.15) is 0 Å². The first kappa shape index (κ1) is 34.5. The molecular formula is C54H42N2Si. The van der Waals surface area contributed by atoms with Gasteiger partial charge in [-0.1, -0.05) is 171 Å². The van der Waals surface area contributed by atoms with Crippen LogP contribution in [0.25, 0.3) is 44.2 Å². The molecule has 0 saturated carbocycles. The Bertz CT molecular complexity index is 2810. The van der Waals surface area contributed by atoms with Crippen LogP contribution in [0.4, 0.5) is 34.1 Å². The Morgan fingerprint density at radius 2 is 0.825 bits per heavy atom. The molecule has 0 atom stereocenters. The molecule has 0 aliphatic carbocycles. The van der Waals surface area contributed by atoms with Crippen molar-refractivity contribution in [3.05, 3.63) is 218 Å². The average Bonchev–Trinajstić information content (AvgIpc) is 3.28. The molecule has 3 heteroatoms. The first-order valence-corrected chi connectivity index (χ1v) is 22.8. The summed E-state index contributed by atoms with van der Waals surface area (Å²) < 4.78 is 0. The second-order valence-corrected chi connectivity index (χ2v) is 19.7. The Morgan fingerprint density at radius 1 is 0.316 bits per heavy atom. The molecule has 1 aliphatic heterocycles. The molecule has 0 N–H and O–H groups in total. The van der Waals surface area contributed by atoms with Crippen LogP contribution in [0.5, 0.6) is 0 Å². The van der Waals surface area contributed by atoms with E-state index in [-0.39, 0.29) is 0 Å². The lowest BCUT2D eigenvalue weighted by atomic mass is 9.93. The van der Waals surface area contributed by atoms with Crippen LogP contribution >= 0.6 is 0 Å². The number of hydrogen-bond acceptors (Lipinski definition) is 2. The van der Waals surface area contributed by atoms with Gasteiger partial charge < -0.3 is 9.80 Å². The van der Waals surface area contributed by atoms with Crippen molar-refractivity contribution in [3.8, 4) is 33.4 Å². The largest absolute Gasteiger partial charge is 0.310 e. The molecule has 0 bridgehead atoms. The third-order valence-corrected chi connectivity index (χ3v) is 15.2. The van der Waals surface area contributed by atoms with Gasteiger partial charge in [0.15, 0.2) is 0 Å². The van der Waals surface area contributed by atoms with Gasteiger partial charge in [-0.05, 0) is 104 Å². The SMILES string of the molecule is C[Si]1(C)c2cc(-c3ccc(N(c4ccccc4)c4ccccc4-c4ccccc4)cc3)ccc2-c2ccc(N(c3ccccc3)c3ccccc3)c3cccc1c23. The van der Waals surface area contributed by atoms with Gasteiger partial charge in [0.05, 0.1) is 11.4 Å². The highest BCUT2D eigenvalue weighted by Gasteiger charge is 2.36. The molecular weight excluding hydrogens is 705 g/mol. The summed E-state index contributed by atoms with van der Waals surface area (Å²) in [5, 5.41) is 5.67. The minimum Gasteiger partial charge on any atom is -0.310 e. The van der Waals surface area contributed by atoms with E-state index in [1.165, 1.54) is 60.2 Å². The lowest BCUT2D eigenvalue weighted by molar-refractivity contribution is 1.28. The van der Waals surface area contributed by atoms with Crippen LogP contribution in [0.15, 0.2) is 218 Å². The molecule has 1 aliphatic rings. The molecule has 57 heavy (non-hydrogen) atoms. The van der Waals surface area contributed by atoms with E-state index in [4.69, 9.17) is 0 Å². The van der Waals surface area contributed by atoms with Crippen LogP contribution in [0.3, 0.4) is 0 Å². The van der Waals surface area contributed by atoms with Crippen LogP contribution in [0.2, 0.25) is 13.1 Å². The molecule has 1 heterocycles. The highest BCUT2D eigenvalue weighted by Crippen LogP contribution is 2.44. The van der Waals surface area contributed by atoms with Crippen molar-refractivity contribution in [1.82, 2.24) is 0 Å². The number of hydrogen-bond donors (Lipinski definition) is 0. The minimum absolute atomic E-state index is 1.12. The molecule has 272 valence electrons. The fraction of sp³-hybridized carbons (Fsp3) is 0.0370. The highest BCUT2D eigenvalue weighted by molar-refractivity contribution is 7.03. The van der Waals surface area contributed by atoms with Gasteiger partial charge in [0.2, 0.25) is 0 Å². The first-order chi connectivity index (χ1) is 28.1. The lowest BCUT2D eigenvalue weighted by Crippen LogP contribution is -2.55. The highest BCUT2D eigenvalue weighted by atomic mass is 28.3. The Balaban J connectivity index is 1.06. The van der Waals surface area contributed by atoms with Crippen molar-refractivity contribution in [2.75, 3.05) is 9.80 Å². The van der Waals surface area contributed by atoms with Gasteiger partial charge in [-0.2, -0.15) is 0 Å². The van der Waals surface area contributed by atoms with E-state index in [1.54, 1.807) is 0 Å². The number of nitrogens with zero attached hydrogens (tertiary/aromatic N) is 2. The maximum absolute atomic E-state index is 2.52. The summed E-state index contributed by atoms with van der Waals surface area (Å²) >= 11 is 0. The molecule has 10 rings (SSSR count). The molecule has 9 aromatic carbocycles. The second kappa shape index (κ2) is 14.3. The standard InChI is InChI=1S/C54H42N2Si/c1-57(2)52-29-17-27-49-51(55(42-20-9-4-10-21-42)43-22-11-5-12-23-43)37-36-48(54(49)52)47-35-32-41(38-53(47)57)39-30-33-45(34-31-39)56(44-24-13-6-14-25-44)50-28-16-15-26-46(50)40-18-7-3-8-19-40/h3-38H,1-2H3. The Hall–Kier alpha value is -6.94. The predicted molar refractivity (Wildman–Crippen MR) is 246 cm³/mol. The topological polar surface area (TPSA) is 6.48 Å². The number of benzene rings is 9. The molecule has 0 fully saturated rings. The van der Waals surface area contributed by atoms with Crippen LogP contribution in [-0.2, 0) is 0 Å². The summed E-state index contributed by atoms with van der Waals surface area (Å²) in [6.45, 7) is 5.05. The van der Waals surface area contributed by atoms with Crippen molar-refractivity contribution >= 4 is 63.3 Å². The lowest BCUT2D eigenvalue weighted by Gasteiger charge is -2.35. The van der Waals surface area contributed by atoms with Gasteiger partial charge in [0, 0.05) is 33.7 Å². The van der Waals surface area contributed by atoms with Gasteiger partial charge in [-0.25, -0.2) is 0 Å². The van der Waals surface area contributed by atoms with Crippen molar-refractivity contribution in [1.29, 1.82) is 0 Å². The summed E-state index contributed by atoms with van der Waals surface area (Å²) in [7, 11) is -2.12. The molecule has 2 nitrogen and oxygen atoms in total. The van der Waals surface area contributed by atoms with E-state index in [2.05, 4.69) is 241 Å². The fourth-order valence-electron chi connectivity index (χ4n) is 8.87. The fourth-order valence-corrected chi connectivity index (χ4v) is 12.0. The average molecular weight is 747 g/mol. The summed E-state index contributed by atoms with van der Waals surface area (Å²) in [6.07, 6.45) is 0. The molecule has 0 saturated heterocycles. The predicted octanol–water partition coefficient (Wildman–Crippen LogP) is 13.9. The van der Waals surface area contributed by atoms with E-state index < -0.39 is 8.07 Å². The quantitative estimate of drug-likeness (QED) is 0.143. The Labute approximate surface area is 336 Å². The third kappa shape index (κ3) is 6.04. The zero-order valence-electron chi connectivity index (χ0n) is 32.2. The maximum atomic E-state index is 2.52. The van der Waals surface area contributed by atoms with Gasteiger partial charge in [0.1, 0.15) is 8.07 Å².